The number of rotatable bonds is 9. The first-order valence-electron chi connectivity index (χ1n) is 11.2. The summed E-state index contributed by atoms with van der Waals surface area (Å²) >= 11 is 2.89. The van der Waals surface area contributed by atoms with E-state index in [1.54, 1.807) is 23.0 Å². The van der Waals surface area contributed by atoms with Crippen molar-refractivity contribution in [2.45, 2.75) is 50.7 Å². The van der Waals surface area contributed by atoms with Gasteiger partial charge in [-0.2, -0.15) is 0 Å². The van der Waals surface area contributed by atoms with Gasteiger partial charge < -0.3 is 14.8 Å². The lowest BCUT2D eigenvalue weighted by Crippen LogP contribution is -2.36. The van der Waals surface area contributed by atoms with Crippen molar-refractivity contribution in [2.24, 2.45) is 0 Å². The number of hydrogen-bond acceptors (Lipinski definition) is 7. The SMILES string of the molecule is CCOc1ccc(-n2c(SCC(=O)NC(C)COC)nc3sc4c(c3c2=O)CCCC4)cc1. The summed E-state index contributed by atoms with van der Waals surface area (Å²) < 4.78 is 12.3. The molecule has 7 nitrogen and oxygen atoms in total. The highest BCUT2D eigenvalue weighted by Crippen LogP contribution is 2.35. The molecule has 0 bridgehead atoms. The number of nitrogens with zero attached hydrogens (tertiary/aromatic N) is 2. The first-order valence-corrected chi connectivity index (χ1v) is 13.0. The molecule has 1 amide bonds. The number of benzene rings is 1. The Bertz CT molecular complexity index is 1190. The van der Waals surface area contributed by atoms with Crippen molar-refractivity contribution < 1.29 is 14.3 Å². The van der Waals surface area contributed by atoms with Gasteiger partial charge in [-0.3, -0.25) is 14.2 Å². The summed E-state index contributed by atoms with van der Waals surface area (Å²) in [6.07, 6.45) is 4.16. The molecule has 176 valence electrons. The molecule has 0 aliphatic heterocycles. The topological polar surface area (TPSA) is 82.4 Å². The maximum Gasteiger partial charge on any atom is 0.267 e. The van der Waals surface area contributed by atoms with Crippen LogP contribution in [0.1, 0.15) is 37.1 Å². The number of aryl methyl sites for hydroxylation is 2. The Labute approximate surface area is 201 Å². The zero-order valence-corrected chi connectivity index (χ0v) is 20.8. The number of methoxy groups -OCH3 is 1. The number of amides is 1. The lowest BCUT2D eigenvalue weighted by Gasteiger charge is -2.15. The van der Waals surface area contributed by atoms with Crippen molar-refractivity contribution in [3.8, 4) is 11.4 Å². The van der Waals surface area contributed by atoms with E-state index >= 15 is 0 Å². The van der Waals surface area contributed by atoms with Gasteiger partial charge in [0.15, 0.2) is 5.16 Å². The molecular weight excluding hydrogens is 458 g/mol. The van der Waals surface area contributed by atoms with Crippen LogP contribution >= 0.6 is 23.1 Å². The molecule has 3 aromatic rings. The standard InChI is InChI=1S/C24H29N3O4S2/c1-4-31-17-11-9-16(10-12-17)27-23(29)21-18-7-5-6-8-19(18)33-22(21)26-24(27)32-14-20(28)25-15(2)13-30-3/h9-12,15H,4-8,13-14H2,1-3H3,(H,25,28). The van der Waals surface area contributed by atoms with Crippen LogP contribution in [-0.2, 0) is 22.4 Å². The first kappa shape index (κ1) is 23.8. The Morgan fingerprint density at radius 2 is 2.03 bits per heavy atom. The predicted molar refractivity (Wildman–Crippen MR) is 133 cm³/mol. The average Bonchev–Trinajstić information content (AvgIpc) is 3.17. The quantitative estimate of drug-likeness (QED) is 0.363. The Morgan fingerprint density at radius 3 is 2.76 bits per heavy atom. The van der Waals surface area contributed by atoms with Crippen LogP contribution in [0, 0.1) is 0 Å². The van der Waals surface area contributed by atoms with E-state index in [4.69, 9.17) is 14.5 Å². The fourth-order valence-electron chi connectivity index (χ4n) is 4.11. The van der Waals surface area contributed by atoms with E-state index in [2.05, 4.69) is 5.32 Å². The highest BCUT2D eigenvalue weighted by atomic mass is 32.2. The van der Waals surface area contributed by atoms with Crippen molar-refractivity contribution in [3.05, 3.63) is 45.1 Å². The fourth-order valence-corrected chi connectivity index (χ4v) is 6.23. The second-order valence-corrected chi connectivity index (χ2v) is 10.1. The highest BCUT2D eigenvalue weighted by molar-refractivity contribution is 7.99. The van der Waals surface area contributed by atoms with E-state index in [-0.39, 0.29) is 23.3 Å². The minimum absolute atomic E-state index is 0.0702. The van der Waals surface area contributed by atoms with Crippen LogP contribution in [0.3, 0.4) is 0 Å². The number of ether oxygens (including phenoxy) is 2. The van der Waals surface area contributed by atoms with E-state index in [1.165, 1.54) is 16.6 Å². The van der Waals surface area contributed by atoms with Crippen molar-refractivity contribution in [2.75, 3.05) is 26.1 Å². The second kappa shape index (κ2) is 10.7. The Morgan fingerprint density at radius 1 is 1.27 bits per heavy atom. The van der Waals surface area contributed by atoms with Crippen LogP contribution in [0.2, 0.25) is 0 Å². The second-order valence-electron chi connectivity index (χ2n) is 8.07. The first-order chi connectivity index (χ1) is 16.0. The summed E-state index contributed by atoms with van der Waals surface area (Å²) in [5, 5.41) is 4.16. The summed E-state index contributed by atoms with van der Waals surface area (Å²) in [6, 6.07) is 7.35. The zero-order chi connectivity index (χ0) is 23.4. The minimum Gasteiger partial charge on any atom is -0.494 e. The maximum absolute atomic E-state index is 13.8. The number of carbonyl (C=O) groups excluding carboxylic acids is 1. The number of nitrogens with one attached hydrogen (secondary N) is 1. The van der Waals surface area contributed by atoms with Crippen LogP contribution in [0.5, 0.6) is 5.75 Å². The molecule has 1 aliphatic carbocycles. The third kappa shape index (κ3) is 5.26. The van der Waals surface area contributed by atoms with Gasteiger partial charge in [0.1, 0.15) is 10.6 Å². The number of carbonyl (C=O) groups is 1. The third-order valence-electron chi connectivity index (χ3n) is 5.52. The third-order valence-corrected chi connectivity index (χ3v) is 7.64. The molecule has 1 N–H and O–H groups in total. The fraction of sp³-hybridized carbons (Fsp3) is 0.458. The number of aromatic nitrogens is 2. The predicted octanol–water partition coefficient (Wildman–Crippen LogP) is 3.97. The highest BCUT2D eigenvalue weighted by Gasteiger charge is 2.23. The van der Waals surface area contributed by atoms with Crippen LogP contribution in [-0.4, -0.2) is 47.6 Å². The van der Waals surface area contributed by atoms with E-state index in [9.17, 15) is 9.59 Å². The summed E-state index contributed by atoms with van der Waals surface area (Å²) in [6.45, 7) is 4.84. The average molecular weight is 488 g/mol. The smallest absolute Gasteiger partial charge is 0.267 e. The Kier molecular flexibility index (Phi) is 7.72. The molecule has 1 aromatic carbocycles. The molecule has 1 aliphatic rings. The van der Waals surface area contributed by atoms with E-state index < -0.39 is 0 Å². The van der Waals surface area contributed by atoms with Crippen molar-refractivity contribution >= 4 is 39.2 Å². The van der Waals surface area contributed by atoms with Crippen LogP contribution in [0.15, 0.2) is 34.2 Å². The maximum atomic E-state index is 13.8. The molecule has 1 unspecified atom stereocenters. The lowest BCUT2D eigenvalue weighted by atomic mass is 9.97. The monoisotopic (exact) mass is 487 g/mol. The molecule has 2 aromatic heterocycles. The number of thiophene rings is 1. The van der Waals surface area contributed by atoms with Gasteiger partial charge in [0.2, 0.25) is 5.91 Å². The number of thioether (sulfide) groups is 1. The summed E-state index contributed by atoms with van der Waals surface area (Å²) in [5.74, 6) is 0.785. The van der Waals surface area contributed by atoms with Crippen LogP contribution in [0.4, 0.5) is 0 Å². The van der Waals surface area contributed by atoms with Gasteiger partial charge in [-0.15, -0.1) is 11.3 Å². The Balaban J connectivity index is 1.73. The Hall–Kier alpha value is -2.36. The molecule has 0 spiro atoms. The van der Waals surface area contributed by atoms with Crippen molar-refractivity contribution in [1.29, 1.82) is 0 Å². The lowest BCUT2D eigenvalue weighted by molar-refractivity contribution is -0.119. The molecular formula is C24H29N3O4S2. The van der Waals surface area contributed by atoms with Gasteiger partial charge in [-0.05, 0) is 69.4 Å². The van der Waals surface area contributed by atoms with Crippen molar-refractivity contribution in [3.63, 3.8) is 0 Å². The molecule has 0 radical (unpaired) electrons. The van der Waals surface area contributed by atoms with Gasteiger partial charge in [-0.25, -0.2) is 4.98 Å². The molecule has 33 heavy (non-hydrogen) atoms. The largest absolute Gasteiger partial charge is 0.494 e. The number of hydrogen-bond donors (Lipinski definition) is 1. The zero-order valence-electron chi connectivity index (χ0n) is 19.2. The summed E-state index contributed by atoms with van der Waals surface area (Å²) in [7, 11) is 1.60. The van der Waals surface area contributed by atoms with E-state index in [0.29, 0.717) is 24.1 Å². The number of fused-ring (bicyclic) bond motifs is 3. The van der Waals surface area contributed by atoms with Gasteiger partial charge in [-0.1, -0.05) is 11.8 Å². The van der Waals surface area contributed by atoms with Gasteiger partial charge >= 0.3 is 0 Å². The molecule has 0 fully saturated rings. The summed E-state index contributed by atoms with van der Waals surface area (Å²) in [5.41, 5.74) is 1.80. The van der Waals surface area contributed by atoms with Gasteiger partial charge in [0.25, 0.3) is 5.56 Å². The normalized spacial score (nSPS) is 14.2. The van der Waals surface area contributed by atoms with Crippen LogP contribution < -0.4 is 15.6 Å². The van der Waals surface area contributed by atoms with Crippen molar-refractivity contribution in [1.82, 2.24) is 14.9 Å². The summed E-state index contributed by atoms with van der Waals surface area (Å²) in [4.78, 5) is 33.1. The molecule has 9 heteroatoms. The van der Waals surface area contributed by atoms with Gasteiger partial charge in [0, 0.05) is 18.0 Å². The van der Waals surface area contributed by atoms with Crippen LogP contribution in [0.25, 0.3) is 15.9 Å². The molecule has 1 atom stereocenters. The molecule has 2 heterocycles. The van der Waals surface area contributed by atoms with E-state index in [1.807, 2.05) is 38.1 Å². The molecule has 0 saturated carbocycles. The molecule has 0 saturated heterocycles. The minimum atomic E-state index is -0.123. The van der Waals surface area contributed by atoms with E-state index in [0.717, 1.165) is 47.2 Å². The van der Waals surface area contributed by atoms with Gasteiger partial charge in [0.05, 0.1) is 30.0 Å². The molecule has 4 rings (SSSR count).